The first kappa shape index (κ1) is 25.6. The van der Waals surface area contributed by atoms with E-state index in [1.165, 1.54) is 25.3 Å². The monoisotopic (exact) mass is 457 g/mol. The highest BCUT2D eigenvalue weighted by Crippen LogP contribution is 2.30. The van der Waals surface area contributed by atoms with E-state index in [9.17, 15) is 19.7 Å². The summed E-state index contributed by atoms with van der Waals surface area (Å²) in [5.74, 6) is -0.243. The van der Waals surface area contributed by atoms with Gasteiger partial charge in [-0.15, -0.1) is 0 Å². The Morgan fingerprint density at radius 3 is 2.48 bits per heavy atom. The SMILES string of the molecule is CCCNC(=O)[C@@H](CC)N(CCc1ccccc1)C(=O)COc1ccc([N+](=O)[O-])c(OC)c1. The van der Waals surface area contributed by atoms with E-state index in [4.69, 9.17) is 9.47 Å². The van der Waals surface area contributed by atoms with Crippen molar-refractivity contribution in [1.29, 1.82) is 0 Å². The number of hydrogen-bond donors (Lipinski definition) is 1. The van der Waals surface area contributed by atoms with E-state index in [-0.39, 0.29) is 35.6 Å². The molecule has 9 nitrogen and oxygen atoms in total. The lowest BCUT2D eigenvalue weighted by molar-refractivity contribution is -0.385. The van der Waals surface area contributed by atoms with Crippen LogP contribution in [0.3, 0.4) is 0 Å². The van der Waals surface area contributed by atoms with Gasteiger partial charge in [0.1, 0.15) is 11.8 Å². The van der Waals surface area contributed by atoms with Gasteiger partial charge in [-0.25, -0.2) is 0 Å². The first-order chi connectivity index (χ1) is 15.9. The molecule has 1 atom stereocenters. The number of nitro groups is 1. The molecule has 0 spiro atoms. The predicted octanol–water partition coefficient (Wildman–Crippen LogP) is 3.36. The minimum atomic E-state index is -0.622. The minimum absolute atomic E-state index is 0.0382. The Kier molecular flexibility index (Phi) is 10.1. The second-order valence-electron chi connectivity index (χ2n) is 7.42. The summed E-state index contributed by atoms with van der Waals surface area (Å²) in [6.45, 7) is 4.41. The largest absolute Gasteiger partial charge is 0.490 e. The number of carbonyl (C=O) groups excluding carboxylic acids is 2. The summed E-state index contributed by atoms with van der Waals surface area (Å²) in [6, 6.07) is 13.1. The normalized spacial score (nSPS) is 11.4. The lowest BCUT2D eigenvalue weighted by atomic mass is 10.1. The molecule has 0 aromatic heterocycles. The number of benzene rings is 2. The number of rotatable bonds is 13. The number of ether oxygens (including phenoxy) is 2. The molecule has 2 rings (SSSR count). The van der Waals surface area contributed by atoms with E-state index >= 15 is 0 Å². The highest BCUT2D eigenvalue weighted by Gasteiger charge is 2.28. The molecule has 178 valence electrons. The molecule has 0 heterocycles. The second-order valence-corrected chi connectivity index (χ2v) is 7.42. The number of hydrogen-bond acceptors (Lipinski definition) is 6. The van der Waals surface area contributed by atoms with Gasteiger partial charge >= 0.3 is 5.69 Å². The standard InChI is InChI=1S/C24H31N3O6/c1-4-14-25-24(29)20(5-2)26(15-13-18-9-7-6-8-10-18)23(28)17-33-19-11-12-21(27(30)31)22(16-19)32-3/h6-12,16,20H,4-5,13-15,17H2,1-3H3,(H,25,29)/t20-/m1/s1. The quantitative estimate of drug-likeness (QED) is 0.365. The zero-order valence-electron chi connectivity index (χ0n) is 19.3. The van der Waals surface area contributed by atoms with Crippen LogP contribution >= 0.6 is 0 Å². The smallest absolute Gasteiger partial charge is 0.311 e. The van der Waals surface area contributed by atoms with Gasteiger partial charge in [0.2, 0.25) is 11.7 Å². The van der Waals surface area contributed by atoms with Gasteiger partial charge in [0.05, 0.1) is 12.0 Å². The first-order valence-electron chi connectivity index (χ1n) is 11.0. The molecular formula is C24H31N3O6. The van der Waals surface area contributed by atoms with Crippen LogP contribution in [0.2, 0.25) is 0 Å². The van der Waals surface area contributed by atoms with Crippen molar-refractivity contribution in [2.45, 2.75) is 39.2 Å². The molecule has 0 aliphatic heterocycles. The van der Waals surface area contributed by atoms with Gasteiger partial charge in [-0.05, 0) is 30.9 Å². The molecule has 0 aliphatic carbocycles. The zero-order valence-corrected chi connectivity index (χ0v) is 19.3. The van der Waals surface area contributed by atoms with Crippen molar-refractivity contribution in [3.05, 3.63) is 64.2 Å². The van der Waals surface area contributed by atoms with Gasteiger partial charge in [-0.3, -0.25) is 19.7 Å². The van der Waals surface area contributed by atoms with Crippen LogP contribution in [0.25, 0.3) is 0 Å². The molecule has 0 saturated carbocycles. The van der Waals surface area contributed by atoms with Crippen molar-refractivity contribution in [1.82, 2.24) is 10.2 Å². The van der Waals surface area contributed by atoms with Gasteiger partial charge in [-0.1, -0.05) is 44.2 Å². The molecule has 2 aromatic carbocycles. The van der Waals surface area contributed by atoms with E-state index in [1.807, 2.05) is 44.2 Å². The van der Waals surface area contributed by atoms with Gasteiger partial charge in [0.25, 0.3) is 5.91 Å². The molecular weight excluding hydrogens is 426 g/mol. The Labute approximate surface area is 193 Å². The van der Waals surface area contributed by atoms with Gasteiger partial charge < -0.3 is 19.7 Å². The second kappa shape index (κ2) is 13.0. The third-order valence-electron chi connectivity index (χ3n) is 5.13. The molecule has 0 bridgehead atoms. The van der Waals surface area contributed by atoms with Gasteiger partial charge in [0, 0.05) is 25.2 Å². The van der Waals surface area contributed by atoms with E-state index < -0.39 is 11.0 Å². The maximum Gasteiger partial charge on any atom is 0.311 e. The van der Waals surface area contributed by atoms with Gasteiger partial charge in [-0.2, -0.15) is 0 Å². The lowest BCUT2D eigenvalue weighted by Gasteiger charge is -2.30. The molecule has 9 heteroatoms. The van der Waals surface area contributed by atoms with E-state index in [1.54, 1.807) is 4.90 Å². The van der Waals surface area contributed by atoms with Crippen molar-refractivity contribution in [3.8, 4) is 11.5 Å². The van der Waals surface area contributed by atoms with Crippen molar-refractivity contribution < 1.29 is 24.0 Å². The summed E-state index contributed by atoms with van der Waals surface area (Å²) in [4.78, 5) is 37.9. The Bertz CT molecular complexity index is 935. The van der Waals surface area contributed by atoms with Crippen LogP contribution in [0.4, 0.5) is 5.69 Å². The van der Waals surface area contributed by atoms with Crippen LogP contribution in [0.5, 0.6) is 11.5 Å². The molecule has 2 amide bonds. The Morgan fingerprint density at radius 1 is 1.15 bits per heavy atom. The molecule has 0 aliphatic rings. The van der Waals surface area contributed by atoms with Crippen molar-refractivity contribution in [2.24, 2.45) is 0 Å². The summed E-state index contributed by atoms with van der Waals surface area (Å²) in [5, 5.41) is 13.9. The number of methoxy groups -OCH3 is 1. The van der Waals surface area contributed by atoms with E-state index in [0.717, 1.165) is 12.0 Å². The van der Waals surface area contributed by atoms with Crippen molar-refractivity contribution in [3.63, 3.8) is 0 Å². The van der Waals surface area contributed by atoms with Crippen LogP contribution in [0.15, 0.2) is 48.5 Å². The van der Waals surface area contributed by atoms with Crippen LogP contribution in [0.1, 0.15) is 32.3 Å². The van der Waals surface area contributed by atoms with Crippen LogP contribution < -0.4 is 14.8 Å². The number of nitro benzene ring substituents is 1. The average molecular weight is 458 g/mol. The Morgan fingerprint density at radius 2 is 1.88 bits per heavy atom. The Balaban J connectivity index is 2.15. The van der Waals surface area contributed by atoms with E-state index in [0.29, 0.717) is 25.9 Å². The summed E-state index contributed by atoms with van der Waals surface area (Å²) >= 11 is 0. The maximum absolute atomic E-state index is 13.1. The average Bonchev–Trinajstić information content (AvgIpc) is 2.83. The van der Waals surface area contributed by atoms with Crippen LogP contribution in [0, 0.1) is 10.1 Å². The number of nitrogens with one attached hydrogen (secondary N) is 1. The molecule has 33 heavy (non-hydrogen) atoms. The maximum atomic E-state index is 13.1. The molecule has 2 aromatic rings. The molecule has 0 fully saturated rings. The number of carbonyl (C=O) groups is 2. The summed E-state index contributed by atoms with van der Waals surface area (Å²) in [5.41, 5.74) is 0.861. The fraction of sp³-hybridized carbons (Fsp3) is 0.417. The third kappa shape index (κ3) is 7.48. The van der Waals surface area contributed by atoms with Gasteiger partial charge in [0.15, 0.2) is 6.61 Å². The fourth-order valence-corrected chi connectivity index (χ4v) is 3.39. The fourth-order valence-electron chi connectivity index (χ4n) is 3.39. The number of amides is 2. The highest BCUT2D eigenvalue weighted by atomic mass is 16.6. The van der Waals surface area contributed by atoms with Crippen molar-refractivity contribution in [2.75, 3.05) is 26.8 Å². The first-order valence-corrected chi connectivity index (χ1v) is 11.0. The van der Waals surface area contributed by atoms with E-state index in [2.05, 4.69) is 5.32 Å². The summed E-state index contributed by atoms with van der Waals surface area (Å²) in [6.07, 6.45) is 1.85. The minimum Gasteiger partial charge on any atom is -0.490 e. The Hall–Kier alpha value is -3.62. The van der Waals surface area contributed by atoms with Crippen molar-refractivity contribution >= 4 is 17.5 Å². The molecule has 0 saturated heterocycles. The predicted molar refractivity (Wildman–Crippen MR) is 124 cm³/mol. The van der Waals surface area contributed by atoms with Crippen LogP contribution in [-0.4, -0.2) is 54.5 Å². The molecule has 0 unspecified atom stereocenters. The van der Waals surface area contributed by atoms with Crippen LogP contribution in [-0.2, 0) is 16.0 Å². The highest BCUT2D eigenvalue weighted by molar-refractivity contribution is 5.88. The lowest BCUT2D eigenvalue weighted by Crippen LogP contribution is -2.51. The zero-order chi connectivity index (χ0) is 24.2. The summed E-state index contributed by atoms with van der Waals surface area (Å²) in [7, 11) is 1.32. The third-order valence-corrected chi connectivity index (χ3v) is 5.13. The topological polar surface area (TPSA) is 111 Å². The molecule has 1 N–H and O–H groups in total. The number of nitrogens with zero attached hydrogens (tertiary/aromatic N) is 2. The summed E-state index contributed by atoms with van der Waals surface area (Å²) < 4.78 is 10.7. The molecule has 0 radical (unpaired) electrons.